The zero-order valence-corrected chi connectivity index (χ0v) is 11.2. The van der Waals surface area contributed by atoms with Gasteiger partial charge in [-0.3, -0.25) is 9.78 Å². The van der Waals surface area contributed by atoms with Crippen LogP contribution in [0.1, 0.15) is 23.4 Å². The lowest BCUT2D eigenvalue weighted by molar-refractivity contribution is -0.139. The number of aromatic nitrogens is 1. The summed E-state index contributed by atoms with van der Waals surface area (Å²) in [5.74, 6) is -0.498. The minimum atomic E-state index is -2.71. The van der Waals surface area contributed by atoms with Crippen molar-refractivity contribution in [3.05, 3.63) is 27.5 Å². The van der Waals surface area contributed by atoms with E-state index in [-0.39, 0.29) is 18.0 Å². The monoisotopic (exact) mass is 327 g/mol. The normalized spacial score (nSPS) is 10.7. The molecule has 0 N–H and O–H groups in total. The number of carbonyl (C=O) groups is 1. The molecule has 0 atom stereocenters. The maximum atomic E-state index is 12.6. The smallest absolute Gasteiger partial charge is 0.311 e. The quantitative estimate of drug-likeness (QED) is 0.629. The van der Waals surface area contributed by atoms with Crippen LogP contribution in [0.15, 0.2) is 10.5 Å². The van der Waals surface area contributed by atoms with E-state index in [4.69, 9.17) is 11.6 Å². The van der Waals surface area contributed by atoms with Gasteiger partial charge in [-0.15, -0.1) is 11.6 Å². The fourth-order valence-electron chi connectivity index (χ4n) is 1.20. The highest BCUT2D eigenvalue weighted by Crippen LogP contribution is 2.27. The molecule has 0 aliphatic rings. The molecule has 0 radical (unpaired) electrons. The molecule has 0 saturated carbocycles. The van der Waals surface area contributed by atoms with E-state index in [9.17, 15) is 13.6 Å². The van der Waals surface area contributed by atoms with Gasteiger partial charge in [0.05, 0.1) is 19.2 Å². The average molecular weight is 329 g/mol. The Kier molecular flexibility index (Phi) is 5.27. The fraction of sp³-hybridized carbons (Fsp3) is 0.400. The minimum Gasteiger partial charge on any atom is -0.469 e. The maximum Gasteiger partial charge on any atom is 0.311 e. The summed E-state index contributed by atoms with van der Waals surface area (Å²) in [5.41, 5.74) is 0.268. The molecular formula is C10H9BrClF2NO2. The lowest BCUT2D eigenvalue weighted by Gasteiger charge is -2.09. The summed E-state index contributed by atoms with van der Waals surface area (Å²) in [5, 5.41) is 0. The summed E-state index contributed by atoms with van der Waals surface area (Å²) in [6.45, 7) is 0. The molecule has 0 bridgehead atoms. The topological polar surface area (TPSA) is 39.2 Å². The highest BCUT2D eigenvalue weighted by molar-refractivity contribution is 9.10. The van der Waals surface area contributed by atoms with Gasteiger partial charge in [-0.2, -0.15) is 0 Å². The van der Waals surface area contributed by atoms with E-state index >= 15 is 0 Å². The first-order valence-electron chi connectivity index (χ1n) is 4.58. The second-order valence-electron chi connectivity index (χ2n) is 3.15. The summed E-state index contributed by atoms with van der Waals surface area (Å²) < 4.78 is 30.1. The first kappa shape index (κ1) is 14.3. The molecule has 3 nitrogen and oxygen atoms in total. The molecule has 1 rings (SSSR count). The lowest BCUT2D eigenvalue weighted by Crippen LogP contribution is -2.09. The summed E-state index contributed by atoms with van der Waals surface area (Å²) in [7, 11) is 1.22. The van der Waals surface area contributed by atoms with Crippen molar-refractivity contribution in [2.24, 2.45) is 0 Å². The summed E-state index contributed by atoms with van der Waals surface area (Å²) in [6.07, 6.45) is -2.89. The summed E-state index contributed by atoms with van der Waals surface area (Å²) in [4.78, 5) is 14.8. The summed E-state index contributed by atoms with van der Waals surface area (Å²) in [6, 6.07) is 1.21. The maximum absolute atomic E-state index is 12.6. The number of nitrogens with zero attached hydrogens (tertiary/aromatic N) is 1. The molecule has 1 aromatic heterocycles. The van der Waals surface area contributed by atoms with Crippen LogP contribution in [-0.2, 0) is 21.8 Å². The van der Waals surface area contributed by atoms with Gasteiger partial charge >= 0.3 is 5.97 Å². The Labute approximate surface area is 110 Å². The Morgan fingerprint density at radius 1 is 1.65 bits per heavy atom. The van der Waals surface area contributed by atoms with Crippen LogP contribution in [0, 0.1) is 0 Å². The average Bonchev–Trinajstić information content (AvgIpc) is 2.31. The Morgan fingerprint density at radius 3 is 2.76 bits per heavy atom. The van der Waals surface area contributed by atoms with Crippen LogP contribution in [0.25, 0.3) is 0 Å². The number of esters is 1. The number of ether oxygens (including phenoxy) is 1. The molecule has 0 aliphatic carbocycles. The van der Waals surface area contributed by atoms with Crippen LogP contribution in [0.2, 0.25) is 0 Å². The Bertz CT molecular complexity index is 429. The molecular weight excluding hydrogens is 319 g/mol. The highest BCUT2D eigenvalue weighted by atomic mass is 79.9. The number of hydrogen-bond acceptors (Lipinski definition) is 3. The van der Waals surface area contributed by atoms with E-state index in [1.807, 2.05) is 0 Å². The van der Waals surface area contributed by atoms with Crippen LogP contribution >= 0.6 is 27.5 Å². The number of rotatable bonds is 4. The van der Waals surface area contributed by atoms with Crippen molar-refractivity contribution in [1.82, 2.24) is 4.98 Å². The summed E-state index contributed by atoms with van der Waals surface area (Å²) >= 11 is 8.82. The Balaban J connectivity index is 3.17. The lowest BCUT2D eigenvalue weighted by atomic mass is 10.1. The predicted molar refractivity (Wildman–Crippen MR) is 62.2 cm³/mol. The molecule has 0 unspecified atom stereocenters. The zero-order chi connectivity index (χ0) is 13.0. The molecule has 94 valence electrons. The molecule has 0 spiro atoms. The van der Waals surface area contributed by atoms with Gasteiger partial charge in [0.25, 0.3) is 6.43 Å². The van der Waals surface area contributed by atoms with Gasteiger partial charge in [0.2, 0.25) is 0 Å². The van der Waals surface area contributed by atoms with Crippen molar-refractivity contribution < 1.29 is 18.3 Å². The molecule has 1 heterocycles. The third-order valence-corrected chi connectivity index (χ3v) is 3.28. The van der Waals surface area contributed by atoms with Gasteiger partial charge in [-0.25, -0.2) is 8.78 Å². The van der Waals surface area contributed by atoms with E-state index in [2.05, 4.69) is 25.7 Å². The van der Waals surface area contributed by atoms with Gasteiger partial charge in [0.15, 0.2) is 0 Å². The second-order valence-corrected chi connectivity index (χ2v) is 4.21. The van der Waals surface area contributed by atoms with Crippen molar-refractivity contribution >= 4 is 33.5 Å². The molecule has 0 fully saturated rings. The second kappa shape index (κ2) is 6.26. The number of halogens is 4. The molecule has 0 saturated heterocycles. The van der Waals surface area contributed by atoms with Gasteiger partial charge < -0.3 is 4.74 Å². The van der Waals surface area contributed by atoms with Crippen molar-refractivity contribution in [1.29, 1.82) is 0 Å². The molecule has 0 amide bonds. The van der Waals surface area contributed by atoms with Gasteiger partial charge in [0, 0.05) is 10.4 Å². The predicted octanol–water partition coefficient (Wildman–Crippen LogP) is 3.24. The van der Waals surface area contributed by atoms with E-state index in [0.29, 0.717) is 10.0 Å². The van der Waals surface area contributed by atoms with E-state index in [1.165, 1.54) is 13.2 Å². The molecule has 7 heteroatoms. The number of alkyl halides is 3. The van der Waals surface area contributed by atoms with Crippen molar-refractivity contribution in [3.63, 3.8) is 0 Å². The van der Waals surface area contributed by atoms with Gasteiger partial charge in [-0.1, -0.05) is 0 Å². The SMILES string of the molecule is COC(=O)Cc1nc(C(F)F)cc(CCl)c1Br. The fourth-order valence-corrected chi connectivity index (χ4v) is 2.06. The van der Waals surface area contributed by atoms with Gasteiger partial charge in [-0.05, 0) is 27.6 Å². The van der Waals surface area contributed by atoms with E-state index < -0.39 is 18.1 Å². The number of hydrogen-bond donors (Lipinski definition) is 0. The first-order valence-corrected chi connectivity index (χ1v) is 5.91. The van der Waals surface area contributed by atoms with Crippen LogP contribution < -0.4 is 0 Å². The van der Waals surface area contributed by atoms with Crippen molar-refractivity contribution in [2.45, 2.75) is 18.7 Å². The minimum absolute atomic E-state index is 0.0526. The van der Waals surface area contributed by atoms with E-state index in [0.717, 1.165) is 0 Å². The van der Waals surface area contributed by atoms with Crippen molar-refractivity contribution in [2.75, 3.05) is 7.11 Å². The largest absolute Gasteiger partial charge is 0.469 e. The number of pyridine rings is 1. The van der Waals surface area contributed by atoms with Crippen LogP contribution in [-0.4, -0.2) is 18.1 Å². The Hall–Kier alpha value is -0.750. The third kappa shape index (κ3) is 3.61. The number of methoxy groups -OCH3 is 1. The molecule has 0 aromatic carbocycles. The highest BCUT2D eigenvalue weighted by Gasteiger charge is 2.17. The Morgan fingerprint density at radius 2 is 2.29 bits per heavy atom. The van der Waals surface area contributed by atoms with Crippen molar-refractivity contribution in [3.8, 4) is 0 Å². The third-order valence-electron chi connectivity index (χ3n) is 2.03. The molecule has 1 aromatic rings. The number of carbonyl (C=O) groups excluding carboxylic acids is 1. The standard InChI is InChI=1S/C10H9BrClF2NO2/c1-17-8(16)3-6-9(11)5(4-12)2-7(15-6)10(13)14/h2,10H,3-4H2,1H3. The van der Waals surface area contributed by atoms with Crippen LogP contribution in [0.3, 0.4) is 0 Å². The van der Waals surface area contributed by atoms with E-state index in [1.54, 1.807) is 0 Å². The zero-order valence-electron chi connectivity index (χ0n) is 8.84. The molecule has 0 aliphatic heterocycles. The van der Waals surface area contributed by atoms with Crippen LogP contribution in [0.4, 0.5) is 8.78 Å². The molecule has 17 heavy (non-hydrogen) atoms. The van der Waals surface area contributed by atoms with Gasteiger partial charge in [0.1, 0.15) is 5.69 Å². The first-order chi connectivity index (χ1) is 7.99. The van der Waals surface area contributed by atoms with Crippen LogP contribution in [0.5, 0.6) is 0 Å².